The van der Waals surface area contributed by atoms with Crippen molar-refractivity contribution in [1.29, 1.82) is 0 Å². The molecule has 0 aromatic rings. The normalized spacial score (nSPS) is 21.2. The van der Waals surface area contributed by atoms with Gasteiger partial charge in [-0.05, 0) is 46.1 Å². The van der Waals surface area contributed by atoms with E-state index >= 15 is 0 Å². The predicted octanol–water partition coefficient (Wildman–Crippen LogP) is 2.01. The maximum Gasteiger partial charge on any atom is 0.410 e. The number of likely N-dealkylation sites (tertiary alicyclic amines) is 1. The molecule has 0 bridgehead atoms. The van der Waals surface area contributed by atoms with Crippen LogP contribution in [0, 0.1) is 5.92 Å². The number of nitrogens with two attached hydrogens (primary N) is 1. The molecule has 0 aromatic carbocycles. The smallest absolute Gasteiger partial charge is 0.410 e. The molecule has 96 valence electrons. The molecule has 0 unspecified atom stereocenters. The van der Waals surface area contributed by atoms with Crippen molar-refractivity contribution in [3.8, 4) is 0 Å². The van der Waals surface area contributed by atoms with E-state index in [0.29, 0.717) is 12.5 Å². The Balaban J connectivity index is 0.00000225. The number of carbonyl (C=O) groups excluding carboxylic acids is 1. The second-order valence-electron chi connectivity index (χ2n) is 5.17. The number of hydrogen-bond donors (Lipinski definition) is 1. The van der Waals surface area contributed by atoms with Crippen LogP contribution in [0.3, 0.4) is 0 Å². The van der Waals surface area contributed by atoms with Gasteiger partial charge in [-0.15, -0.1) is 12.4 Å². The summed E-state index contributed by atoms with van der Waals surface area (Å²) in [5.74, 6) is 0.436. The minimum absolute atomic E-state index is 0. The van der Waals surface area contributed by atoms with E-state index in [1.165, 1.54) is 0 Å². The molecular formula is C11H23ClN2O2. The Labute approximate surface area is 104 Å². The maximum absolute atomic E-state index is 11.7. The molecule has 16 heavy (non-hydrogen) atoms. The quantitative estimate of drug-likeness (QED) is 0.775. The van der Waals surface area contributed by atoms with Crippen LogP contribution in [-0.4, -0.2) is 36.2 Å². The summed E-state index contributed by atoms with van der Waals surface area (Å²) < 4.78 is 5.32. The number of carbonyl (C=O) groups is 1. The van der Waals surface area contributed by atoms with Crippen molar-refractivity contribution in [3.05, 3.63) is 0 Å². The van der Waals surface area contributed by atoms with Gasteiger partial charge in [0.05, 0.1) is 0 Å². The van der Waals surface area contributed by atoms with Crippen LogP contribution in [0.4, 0.5) is 4.79 Å². The van der Waals surface area contributed by atoms with E-state index < -0.39 is 5.60 Å². The molecule has 5 heteroatoms. The summed E-state index contributed by atoms with van der Waals surface area (Å²) in [7, 11) is 0. The van der Waals surface area contributed by atoms with Gasteiger partial charge in [0.1, 0.15) is 5.60 Å². The number of halogens is 1. The zero-order valence-corrected chi connectivity index (χ0v) is 11.2. The standard InChI is InChI=1S/C11H22N2O2.ClH/c1-11(2,3)15-10(14)13-6-4-5-9(7-12)8-13;/h9H,4-8,12H2,1-3H3;1H/t9-;/m0./s1. The first kappa shape index (κ1) is 15.5. The predicted molar refractivity (Wildman–Crippen MR) is 66.8 cm³/mol. The summed E-state index contributed by atoms with van der Waals surface area (Å²) in [6, 6.07) is 0. The molecule has 0 spiro atoms. The molecule has 1 aliphatic rings. The average Bonchev–Trinajstić information content (AvgIpc) is 2.15. The third kappa shape index (κ3) is 5.03. The lowest BCUT2D eigenvalue weighted by Crippen LogP contribution is -2.44. The molecule has 1 fully saturated rings. The van der Waals surface area contributed by atoms with E-state index in [2.05, 4.69) is 0 Å². The zero-order chi connectivity index (χ0) is 11.5. The molecule has 1 aliphatic heterocycles. The highest BCUT2D eigenvalue weighted by Crippen LogP contribution is 2.18. The average molecular weight is 251 g/mol. The molecule has 0 saturated carbocycles. The van der Waals surface area contributed by atoms with Crippen LogP contribution in [-0.2, 0) is 4.74 Å². The summed E-state index contributed by atoms with van der Waals surface area (Å²) in [5.41, 5.74) is 5.20. The van der Waals surface area contributed by atoms with Gasteiger partial charge in [-0.2, -0.15) is 0 Å². The van der Waals surface area contributed by atoms with E-state index in [0.717, 1.165) is 25.9 Å². The summed E-state index contributed by atoms with van der Waals surface area (Å²) >= 11 is 0. The molecular weight excluding hydrogens is 228 g/mol. The molecule has 0 radical (unpaired) electrons. The molecule has 1 saturated heterocycles. The second kappa shape index (κ2) is 6.30. The Kier molecular flexibility index (Phi) is 6.11. The SMILES string of the molecule is CC(C)(C)OC(=O)N1CCC[C@@H](CN)C1.Cl. The monoisotopic (exact) mass is 250 g/mol. The van der Waals surface area contributed by atoms with Crippen LogP contribution in [0.1, 0.15) is 33.6 Å². The van der Waals surface area contributed by atoms with Crippen LogP contribution in [0.2, 0.25) is 0 Å². The molecule has 2 N–H and O–H groups in total. The lowest BCUT2D eigenvalue weighted by molar-refractivity contribution is 0.0170. The minimum atomic E-state index is -0.410. The summed E-state index contributed by atoms with van der Waals surface area (Å²) in [4.78, 5) is 13.5. The highest BCUT2D eigenvalue weighted by atomic mass is 35.5. The molecule has 1 atom stereocenters. The zero-order valence-electron chi connectivity index (χ0n) is 10.4. The third-order valence-electron chi connectivity index (χ3n) is 2.50. The Morgan fingerprint density at radius 1 is 1.50 bits per heavy atom. The van der Waals surface area contributed by atoms with Gasteiger partial charge in [0, 0.05) is 13.1 Å². The van der Waals surface area contributed by atoms with Crippen LogP contribution in [0.25, 0.3) is 0 Å². The van der Waals surface area contributed by atoms with Crippen LogP contribution < -0.4 is 5.73 Å². The maximum atomic E-state index is 11.7. The van der Waals surface area contributed by atoms with Crippen molar-refractivity contribution in [1.82, 2.24) is 4.90 Å². The van der Waals surface area contributed by atoms with Gasteiger partial charge in [-0.3, -0.25) is 0 Å². The number of ether oxygens (including phenoxy) is 1. The van der Waals surface area contributed by atoms with Crippen LogP contribution in [0.15, 0.2) is 0 Å². The fraction of sp³-hybridized carbons (Fsp3) is 0.909. The van der Waals surface area contributed by atoms with Gasteiger partial charge in [-0.25, -0.2) is 4.79 Å². The Morgan fingerprint density at radius 2 is 2.12 bits per heavy atom. The van der Waals surface area contributed by atoms with Crippen molar-refractivity contribution >= 4 is 18.5 Å². The fourth-order valence-electron chi connectivity index (χ4n) is 1.75. The molecule has 0 aromatic heterocycles. The highest BCUT2D eigenvalue weighted by Gasteiger charge is 2.26. The largest absolute Gasteiger partial charge is 0.444 e. The Hall–Kier alpha value is -0.480. The summed E-state index contributed by atoms with van der Waals surface area (Å²) in [6.45, 7) is 7.84. The highest BCUT2D eigenvalue weighted by molar-refractivity contribution is 5.85. The lowest BCUT2D eigenvalue weighted by Gasteiger charge is -2.33. The topological polar surface area (TPSA) is 55.6 Å². The van der Waals surface area contributed by atoms with Crippen molar-refractivity contribution < 1.29 is 9.53 Å². The number of amides is 1. The van der Waals surface area contributed by atoms with Crippen molar-refractivity contribution in [2.45, 2.75) is 39.2 Å². The first-order chi connectivity index (χ1) is 6.92. The molecule has 4 nitrogen and oxygen atoms in total. The van der Waals surface area contributed by atoms with Crippen molar-refractivity contribution in [2.24, 2.45) is 11.7 Å². The second-order valence-corrected chi connectivity index (χ2v) is 5.17. The van der Waals surface area contributed by atoms with Gasteiger partial charge in [0.15, 0.2) is 0 Å². The van der Waals surface area contributed by atoms with Crippen molar-refractivity contribution in [3.63, 3.8) is 0 Å². The van der Waals surface area contributed by atoms with E-state index in [9.17, 15) is 4.79 Å². The minimum Gasteiger partial charge on any atom is -0.444 e. The summed E-state index contributed by atoms with van der Waals surface area (Å²) in [6.07, 6.45) is 1.94. The molecule has 0 aliphatic carbocycles. The van der Waals surface area contributed by atoms with Crippen LogP contribution in [0.5, 0.6) is 0 Å². The Bertz CT molecular complexity index is 229. The lowest BCUT2D eigenvalue weighted by atomic mass is 9.99. The first-order valence-corrected chi connectivity index (χ1v) is 5.60. The van der Waals surface area contributed by atoms with Gasteiger partial charge >= 0.3 is 6.09 Å². The van der Waals surface area contributed by atoms with Gasteiger partial charge < -0.3 is 15.4 Å². The number of piperidine rings is 1. The fourth-order valence-corrected chi connectivity index (χ4v) is 1.75. The van der Waals surface area contributed by atoms with Crippen LogP contribution >= 0.6 is 12.4 Å². The van der Waals surface area contributed by atoms with Gasteiger partial charge in [-0.1, -0.05) is 0 Å². The number of rotatable bonds is 1. The summed E-state index contributed by atoms with van der Waals surface area (Å²) in [5, 5.41) is 0. The molecule has 1 heterocycles. The molecule has 1 amide bonds. The van der Waals surface area contributed by atoms with E-state index in [4.69, 9.17) is 10.5 Å². The molecule has 1 rings (SSSR count). The first-order valence-electron chi connectivity index (χ1n) is 5.60. The van der Waals surface area contributed by atoms with E-state index in [1.807, 2.05) is 20.8 Å². The van der Waals surface area contributed by atoms with E-state index in [-0.39, 0.29) is 18.5 Å². The van der Waals surface area contributed by atoms with Crippen molar-refractivity contribution in [2.75, 3.05) is 19.6 Å². The number of hydrogen-bond acceptors (Lipinski definition) is 3. The van der Waals surface area contributed by atoms with E-state index in [1.54, 1.807) is 4.90 Å². The van der Waals surface area contributed by atoms with Gasteiger partial charge in [0.25, 0.3) is 0 Å². The number of nitrogens with zero attached hydrogens (tertiary/aromatic N) is 1. The third-order valence-corrected chi connectivity index (χ3v) is 2.50. The van der Waals surface area contributed by atoms with Gasteiger partial charge in [0.2, 0.25) is 0 Å². The Morgan fingerprint density at radius 3 is 2.62 bits per heavy atom.